The van der Waals surface area contributed by atoms with Gasteiger partial charge in [0.15, 0.2) is 0 Å². The molecule has 3 nitrogen and oxygen atoms in total. The number of rotatable bonds is 2. The molecule has 2 unspecified atom stereocenters. The summed E-state index contributed by atoms with van der Waals surface area (Å²) < 4.78 is 0. The highest BCUT2D eigenvalue weighted by atomic mass is 16.2. The van der Waals surface area contributed by atoms with Crippen molar-refractivity contribution in [2.45, 2.75) is 76.8 Å². The maximum Gasteiger partial charge on any atom is 0.228 e. The molecular formula is C15H28N2O. The maximum atomic E-state index is 12.7. The molecule has 0 aromatic carbocycles. The molecule has 3 heteroatoms. The zero-order valence-corrected chi connectivity index (χ0v) is 12.0. The number of amides is 1. The van der Waals surface area contributed by atoms with E-state index in [1.54, 1.807) is 0 Å². The molecule has 0 heterocycles. The first-order chi connectivity index (χ1) is 8.54. The van der Waals surface area contributed by atoms with Crippen molar-refractivity contribution in [3.63, 3.8) is 0 Å². The lowest BCUT2D eigenvalue weighted by Gasteiger charge is -2.42. The molecule has 2 saturated carbocycles. The summed E-state index contributed by atoms with van der Waals surface area (Å²) >= 11 is 0. The van der Waals surface area contributed by atoms with Crippen LogP contribution in [-0.4, -0.2) is 29.9 Å². The second-order valence-electron chi connectivity index (χ2n) is 6.55. The maximum absolute atomic E-state index is 12.7. The van der Waals surface area contributed by atoms with Gasteiger partial charge < -0.3 is 10.6 Å². The lowest BCUT2D eigenvalue weighted by atomic mass is 9.74. The Kier molecular flexibility index (Phi) is 4.31. The monoisotopic (exact) mass is 252 g/mol. The van der Waals surface area contributed by atoms with Crippen molar-refractivity contribution < 1.29 is 4.79 Å². The van der Waals surface area contributed by atoms with E-state index in [1.165, 1.54) is 32.1 Å². The first-order valence-corrected chi connectivity index (χ1v) is 7.57. The van der Waals surface area contributed by atoms with Crippen LogP contribution in [0, 0.1) is 5.41 Å². The molecule has 0 aromatic heterocycles. The van der Waals surface area contributed by atoms with Gasteiger partial charge in [-0.1, -0.05) is 39.0 Å². The first-order valence-electron chi connectivity index (χ1n) is 7.57. The van der Waals surface area contributed by atoms with Crippen LogP contribution in [-0.2, 0) is 4.79 Å². The summed E-state index contributed by atoms with van der Waals surface area (Å²) in [6.45, 7) is 2.15. The van der Waals surface area contributed by atoms with Crippen molar-refractivity contribution in [3.8, 4) is 0 Å². The van der Waals surface area contributed by atoms with Gasteiger partial charge in [0, 0.05) is 24.5 Å². The number of hydrogen-bond acceptors (Lipinski definition) is 2. The Morgan fingerprint density at radius 3 is 2.33 bits per heavy atom. The average molecular weight is 252 g/mol. The molecule has 0 bridgehead atoms. The third kappa shape index (κ3) is 2.71. The van der Waals surface area contributed by atoms with Gasteiger partial charge in [-0.3, -0.25) is 4.79 Å². The molecular weight excluding hydrogens is 224 g/mol. The number of nitrogens with two attached hydrogens (primary N) is 1. The molecule has 104 valence electrons. The predicted molar refractivity (Wildman–Crippen MR) is 74.2 cm³/mol. The quantitative estimate of drug-likeness (QED) is 0.821. The third-order valence-electron chi connectivity index (χ3n) is 5.07. The molecule has 2 N–H and O–H groups in total. The molecule has 0 radical (unpaired) electrons. The predicted octanol–water partition coefficient (Wildman–Crippen LogP) is 2.69. The Balaban J connectivity index is 2.02. The highest BCUT2D eigenvalue weighted by molar-refractivity contribution is 5.82. The van der Waals surface area contributed by atoms with Gasteiger partial charge in [0.1, 0.15) is 0 Å². The summed E-state index contributed by atoms with van der Waals surface area (Å²) in [4.78, 5) is 14.7. The van der Waals surface area contributed by atoms with E-state index in [2.05, 4.69) is 6.92 Å². The van der Waals surface area contributed by atoms with E-state index in [1.807, 2.05) is 11.9 Å². The van der Waals surface area contributed by atoms with Gasteiger partial charge in [-0.15, -0.1) is 0 Å². The number of nitrogens with zero attached hydrogens (tertiary/aromatic N) is 1. The topological polar surface area (TPSA) is 46.3 Å². The Labute approximate surface area is 111 Å². The Hall–Kier alpha value is -0.570. The van der Waals surface area contributed by atoms with Crippen LogP contribution in [0.15, 0.2) is 0 Å². The highest BCUT2D eigenvalue weighted by Gasteiger charge is 2.39. The molecule has 0 spiro atoms. The Morgan fingerprint density at radius 1 is 1.11 bits per heavy atom. The van der Waals surface area contributed by atoms with Gasteiger partial charge in [-0.2, -0.15) is 0 Å². The molecule has 2 aliphatic carbocycles. The normalized spacial score (nSPS) is 31.9. The van der Waals surface area contributed by atoms with Crippen molar-refractivity contribution in [1.82, 2.24) is 4.90 Å². The molecule has 0 saturated heterocycles. The molecule has 1 amide bonds. The smallest absolute Gasteiger partial charge is 0.228 e. The molecule has 2 rings (SSSR count). The Bertz CT molecular complexity index is 297. The van der Waals surface area contributed by atoms with Gasteiger partial charge in [-0.05, 0) is 25.7 Å². The zero-order valence-electron chi connectivity index (χ0n) is 12.0. The highest BCUT2D eigenvalue weighted by Crippen LogP contribution is 2.38. The molecule has 2 atom stereocenters. The minimum atomic E-state index is -0.121. The van der Waals surface area contributed by atoms with E-state index in [0.29, 0.717) is 5.91 Å². The van der Waals surface area contributed by atoms with Crippen LogP contribution in [0.1, 0.15) is 64.7 Å². The summed E-state index contributed by atoms with van der Waals surface area (Å²) in [6.07, 6.45) is 10.4. The molecule has 2 fully saturated rings. The van der Waals surface area contributed by atoms with Gasteiger partial charge in [0.05, 0.1) is 0 Å². The number of carbonyl (C=O) groups excluding carboxylic acids is 1. The molecule has 0 aliphatic heterocycles. The van der Waals surface area contributed by atoms with Gasteiger partial charge in [0.25, 0.3) is 0 Å². The van der Waals surface area contributed by atoms with E-state index < -0.39 is 0 Å². The lowest BCUT2D eigenvalue weighted by molar-refractivity contribution is -0.144. The fraction of sp³-hybridized carbons (Fsp3) is 0.933. The van der Waals surface area contributed by atoms with Crippen LogP contribution in [0.25, 0.3) is 0 Å². The molecule has 2 aliphatic rings. The van der Waals surface area contributed by atoms with Crippen LogP contribution in [0.4, 0.5) is 0 Å². The van der Waals surface area contributed by atoms with E-state index >= 15 is 0 Å². The summed E-state index contributed by atoms with van der Waals surface area (Å²) in [5.74, 6) is 0.338. The summed E-state index contributed by atoms with van der Waals surface area (Å²) in [5, 5.41) is 0. The van der Waals surface area contributed by atoms with Crippen LogP contribution in [0.3, 0.4) is 0 Å². The fourth-order valence-electron chi connectivity index (χ4n) is 3.74. The second kappa shape index (κ2) is 5.60. The average Bonchev–Trinajstić information content (AvgIpc) is 2.38. The van der Waals surface area contributed by atoms with Gasteiger partial charge in [-0.25, -0.2) is 0 Å². The minimum Gasteiger partial charge on any atom is -0.341 e. The number of carbonyl (C=O) groups is 1. The lowest BCUT2D eigenvalue weighted by Crippen LogP contribution is -2.54. The zero-order chi connectivity index (χ0) is 13.2. The van der Waals surface area contributed by atoms with Crippen molar-refractivity contribution in [1.29, 1.82) is 0 Å². The fourth-order valence-corrected chi connectivity index (χ4v) is 3.74. The molecule has 0 aromatic rings. The van der Waals surface area contributed by atoms with Crippen molar-refractivity contribution in [3.05, 3.63) is 0 Å². The van der Waals surface area contributed by atoms with Crippen LogP contribution in [0.5, 0.6) is 0 Å². The van der Waals surface area contributed by atoms with Crippen LogP contribution >= 0.6 is 0 Å². The minimum absolute atomic E-state index is 0.121. The van der Waals surface area contributed by atoms with E-state index in [9.17, 15) is 4.79 Å². The first kappa shape index (κ1) is 13.9. The standard InChI is InChI=1S/C15H28N2O/c1-15(10-6-3-7-11-15)14(18)17(2)13-9-5-4-8-12(13)16/h12-13H,3-11,16H2,1-2H3. The van der Waals surface area contributed by atoms with Crippen LogP contribution in [0.2, 0.25) is 0 Å². The summed E-state index contributed by atoms with van der Waals surface area (Å²) in [7, 11) is 1.97. The number of hydrogen-bond donors (Lipinski definition) is 1. The van der Waals surface area contributed by atoms with Gasteiger partial charge in [0.2, 0.25) is 5.91 Å². The molecule has 18 heavy (non-hydrogen) atoms. The second-order valence-corrected chi connectivity index (χ2v) is 6.55. The Morgan fingerprint density at radius 2 is 1.72 bits per heavy atom. The van der Waals surface area contributed by atoms with Crippen molar-refractivity contribution >= 4 is 5.91 Å². The SMILES string of the molecule is CN(C(=O)C1(C)CCCCC1)C1CCCCC1N. The van der Waals surface area contributed by atoms with E-state index in [-0.39, 0.29) is 17.5 Å². The largest absolute Gasteiger partial charge is 0.341 e. The van der Waals surface area contributed by atoms with Crippen molar-refractivity contribution in [2.75, 3.05) is 7.05 Å². The van der Waals surface area contributed by atoms with Crippen molar-refractivity contribution in [2.24, 2.45) is 11.1 Å². The summed E-state index contributed by atoms with van der Waals surface area (Å²) in [5.41, 5.74) is 6.08. The van der Waals surface area contributed by atoms with Gasteiger partial charge >= 0.3 is 0 Å². The van der Waals surface area contributed by atoms with Crippen LogP contribution < -0.4 is 5.73 Å². The van der Waals surface area contributed by atoms with E-state index in [4.69, 9.17) is 5.73 Å². The van der Waals surface area contributed by atoms with E-state index in [0.717, 1.165) is 25.7 Å². The number of likely N-dealkylation sites (N-methyl/N-ethyl adjacent to an activating group) is 1. The summed E-state index contributed by atoms with van der Waals surface area (Å²) in [6, 6.07) is 0.449. The third-order valence-corrected chi connectivity index (χ3v) is 5.07.